The first-order chi connectivity index (χ1) is 10.6. The van der Waals surface area contributed by atoms with E-state index in [1.165, 1.54) is 17.0 Å². The third-order valence-corrected chi connectivity index (χ3v) is 4.01. The van der Waals surface area contributed by atoms with E-state index < -0.39 is 11.8 Å². The van der Waals surface area contributed by atoms with Crippen LogP contribution < -0.4 is 0 Å². The van der Waals surface area contributed by atoms with Crippen molar-refractivity contribution < 1.29 is 23.5 Å². The maximum Gasteiger partial charge on any atom is 0.305 e. The van der Waals surface area contributed by atoms with Crippen molar-refractivity contribution in [1.29, 1.82) is 0 Å². The lowest BCUT2D eigenvalue weighted by atomic mass is 9.99. The van der Waals surface area contributed by atoms with E-state index >= 15 is 0 Å². The molecule has 1 saturated heterocycles. The molecule has 116 valence electrons. The molecule has 1 fully saturated rings. The number of nitrogens with zero attached hydrogens (tertiary/aromatic N) is 1. The number of likely N-dealkylation sites (tertiary alicyclic amines) is 1. The fourth-order valence-electron chi connectivity index (χ4n) is 2.96. The van der Waals surface area contributed by atoms with Crippen LogP contribution in [0.1, 0.15) is 36.2 Å². The van der Waals surface area contributed by atoms with Gasteiger partial charge in [-0.15, -0.1) is 0 Å². The molecule has 1 aliphatic heterocycles. The van der Waals surface area contributed by atoms with E-state index in [-0.39, 0.29) is 29.7 Å². The standard InChI is InChI=1S/C16H16FNO4/c17-12-6-3-4-10-8-13(22-15(10)12)16(21)18-7-2-1-5-11(18)9-14(19)20/h3-4,6,8,11H,1-2,5,7,9H2,(H,19,20)/t11-/m0/s1. The Morgan fingerprint density at radius 1 is 1.36 bits per heavy atom. The van der Waals surface area contributed by atoms with E-state index in [1.807, 2.05) is 0 Å². The van der Waals surface area contributed by atoms with Gasteiger partial charge in [-0.3, -0.25) is 9.59 Å². The topological polar surface area (TPSA) is 70.8 Å². The number of carbonyl (C=O) groups excluding carboxylic acids is 1. The summed E-state index contributed by atoms with van der Waals surface area (Å²) in [5.74, 6) is -1.77. The number of benzene rings is 1. The van der Waals surface area contributed by atoms with Crippen molar-refractivity contribution in [3.63, 3.8) is 0 Å². The molecular formula is C16H16FNO4. The number of carboxylic acid groups (broad SMARTS) is 1. The van der Waals surface area contributed by atoms with Crippen LogP contribution in [0.2, 0.25) is 0 Å². The van der Waals surface area contributed by atoms with E-state index in [4.69, 9.17) is 9.52 Å². The van der Waals surface area contributed by atoms with E-state index in [0.717, 1.165) is 12.8 Å². The summed E-state index contributed by atoms with van der Waals surface area (Å²) in [4.78, 5) is 25.1. The summed E-state index contributed by atoms with van der Waals surface area (Å²) in [5, 5.41) is 9.50. The minimum absolute atomic E-state index is 0.0531. The zero-order valence-electron chi connectivity index (χ0n) is 11.9. The molecule has 2 heterocycles. The van der Waals surface area contributed by atoms with Gasteiger partial charge in [0.05, 0.1) is 6.42 Å². The fourth-order valence-corrected chi connectivity index (χ4v) is 2.96. The van der Waals surface area contributed by atoms with Gasteiger partial charge >= 0.3 is 5.97 Å². The third kappa shape index (κ3) is 2.68. The van der Waals surface area contributed by atoms with Gasteiger partial charge in [0.15, 0.2) is 17.2 Å². The Morgan fingerprint density at radius 2 is 2.18 bits per heavy atom. The van der Waals surface area contributed by atoms with E-state index in [0.29, 0.717) is 18.4 Å². The van der Waals surface area contributed by atoms with Crippen molar-refractivity contribution in [3.8, 4) is 0 Å². The second-order valence-corrected chi connectivity index (χ2v) is 5.51. The molecule has 22 heavy (non-hydrogen) atoms. The average molecular weight is 305 g/mol. The number of aliphatic carboxylic acids is 1. The van der Waals surface area contributed by atoms with Crippen LogP contribution in [0, 0.1) is 5.82 Å². The van der Waals surface area contributed by atoms with Gasteiger partial charge in [-0.1, -0.05) is 12.1 Å². The predicted molar refractivity (Wildman–Crippen MR) is 77.1 cm³/mol. The van der Waals surface area contributed by atoms with Crippen molar-refractivity contribution in [1.82, 2.24) is 4.90 Å². The largest absolute Gasteiger partial charge is 0.481 e. The highest BCUT2D eigenvalue weighted by Crippen LogP contribution is 2.26. The molecule has 3 rings (SSSR count). The minimum Gasteiger partial charge on any atom is -0.481 e. The summed E-state index contributed by atoms with van der Waals surface area (Å²) in [5.41, 5.74) is 0.0534. The first kappa shape index (κ1) is 14.6. The average Bonchev–Trinajstić information content (AvgIpc) is 2.92. The molecule has 1 atom stereocenters. The Bertz CT molecular complexity index is 724. The molecule has 1 aliphatic rings. The number of carboxylic acids is 1. The Labute approximate surface area is 126 Å². The van der Waals surface area contributed by atoms with Gasteiger partial charge in [0.25, 0.3) is 5.91 Å². The molecular weight excluding hydrogens is 289 g/mol. The molecule has 1 aromatic heterocycles. The van der Waals surface area contributed by atoms with Crippen molar-refractivity contribution >= 4 is 22.8 Å². The van der Waals surface area contributed by atoms with Gasteiger partial charge in [0, 0.05) is 18.0 Å². The van der Waals surface area contributed by atoms with Crippen molar-refractivity contribution in [2.24, 2.45) is 0 Å². The summed E-state index contributed by atoms with van der Waals surface area (Å²) in [6.45, 7) is 0.496. The van der Waals surface area contributed by atoms with Crippen molar-refractivity contribution in [3.05, 3.63) is 35.8 Å². The zero-order valence-corrected chi connectivity index (χ0v) is 11.9. The van der Waals surface area contributed by atoms with Crippen molar-refractivity contribution in [2.45, 2.75) is 31.7 Å². The highest BCUT2D eigenvalue weighted by Gasteiger charge is 2.31. The highest BCUT2D eigenvalue weighted by molar-refractivity contribution is 5.96. The van der Waals surface area contributed by atoms with Crippen molar-refractivity contribution in [2.75, 3.05) is 6.54 Å². The quantitative estimate of drug-likeness (QED) is 0.946. The molecule has 1 aromatic carbocycles. The van der Waals surface area contributed by atoms with E-state index in [9.17, 15) is 14.0 Å². The Kier molecular flexibility index (Phi) is 3.83. The van der Waals surface area contributed by atoms with Gasteiger partial charge < -0.3 is 14.4 Å². The van der Waals surface area contributed by atoms with Gasteiger partial charge in [0.1, 0.15) is 0 Å². The smallest absolute Gasteiger partial charge is 0.305 e. The molecule has 0 unspecified atom stereocenters. The summed E-state index contributed by atoms with van der Waals surface area (Å²) in [7, 11) is 0. The monoisotopic (exact) mass is 305 g/mol. The first-order valence-electron chi connectivity index (χ1n) is 7.27. The lowest BCUT2D eigenvalue weighted by Gasteiger charge is -2.34. The van der Waals surface area contributed by atoms with Gasteiger partial charge in [0.2, 0.25) is 0 Å². The molecule has 0 spiro atoms. The van der Waals surface area contributed by atoms with Gasteiger partial charge in [-0.2, -0.15) is 0 Å². The molecule has 0 bridgehead atoms. The maximum atomic E-state index is 13.7. The molecule has 0 saturated carbocycles. The molecule has 0 radical (unpaired) electrons. The van der Waals surface area contributed by atoms with Crippen LogP contribution >= 0.6 is 0 Å². The Hall–Kier alpha value is -2.37. The maximum absolute atomic E-state index is 13.7. The van der Waals surface area contributed by atoms with Crippen LogP contribution in [0.25, 0.3) is 11.0 Å². The Morgan fingerprint density at radius 3 is 2.91 bits per heavy atom. The first-order valence-corrected chi connectivity index (χ1v) is 7.27. The van der Waals surface area contributed by atoms with Gasteiger partial charge in [-0.25, -0.2) is 4.39 Å². The third-order valence-electron chi connectivity index (χ3n) is 4.01. The number of rotatable bonds is 3. The highest BCUT2D eigenvalue weighted by atomic mass is 19.1. The Balaban J connectivity index is 1.89. The number of fused-ring (bicyclic) bond motifs is 1. The molecule has 5 nitrogen and oxygen atoms in total. The second kappa shape index (κ2) is 5.79. The predicted octanol–water partition coefficient (Wildman–Crippen LogP) is 3.04. The molecule has 6 heteroatoms. The lowest BCUT2D eigenvalue weighted by Crippen LogP contribution is -2.44. The number of carbonyl (C=O) groups is 2. The summed E-state index contributed by atoms with van der Waals surface area (Å²) >= 11 is 0. The normalized spacial score (nSPS) is 18.6. The van der Waals surface area contributed by atoms with Crippen LogP contribution in [0.3, 0.4) is 0 Å². The summed E-state index contributed by atoms with van der Waals surface area (Å²) in [6, 6.07) is 5.66. The van der Waals surface area contributed by atoms with Crippen LogP contribution in [-0.4, -0.2) is 34.5 Å². The van der Waals surface area contributed by atoms with Gasteiger partial charge in [-0.05, 0) is 31.4 Å². The number of hydrogen-bond donors (Lipinski definition) is 1. The number of furan rings is 1. The van der Waals surface area contributed by atoms with Crippen LogP contribution in [0.4, 0.5) is 4.39 Å². The number of halogens is 1. The molecule has 1 amide bonds. The fraction of sp³-hybridized carbons (Fsp3) is 0.375. The molecule has 0 aliphatic carbocycles. The second-order valence-electron chi connectivity index (χ2n) is 5.51. The number of amides is 1. The number of para-hydroxylation sites is 1. The van der Waals surface area contributed by atoms with E-state index in [1.54, 1.807) is 12.1 Å². The zero-order chi connectivity index (χ0) is 15.7. The summed E-state index contributed by atoms with van der Waals surface area (Å²) in [6.07, 6.45) is 2.31. The van der Waals surface area contributed by atoms with Crippen LogP contribution in [-0.2, 0) is 4.79 Å². The molecule has 1 N–H and O–H groups in total. The number of piperidine rings is 1. The van der Waals surface area contributed by atoms with E-state index in [2.05, 4.69) is 0 Å². The lowest BCUT2D eigenvalue weighted by molar-refractivity contribution is -0.138. The minimum atomic E-state index is -0.930. The molecule has 2 aromatic rings. The summed E-state index contributed by atoms with van der Waals surface area (Å²) < 4.78 is 19.0. The SMILES string of the molecule is O=C(O)C[C@@H]1CCCCN1C(=O)c1cc2cccc(F)c2o1. The number of hydrogen-bond acceptors (Lipinski definition) is 3. The van der Waals surface area contributed by atoms with Crippen LogP contribution in [0.15, 0.2) is 28.7 Å². The van der Waals surface area contributed by atoms with Crippen LogP contribution in [0.5, 0.6) is 0 Å².